The number of nitrogens with one attached hydrogen (secondary N) is 1. The number of aryl methyl sites for hydroxylation is 1. The minimum absolute atomic E-state index is 0.0412. The van der Waals surface area contributed by atoms with Crippen molar-refractivity contribution in [2.45, 2.75) is 0 Å². The lowest BCUT2D eigenvalue weighted by atomic mass is 10.2. The van der Waals surface area contributed by atoms with Gasteiger partial charge in [0.15, 0.2) is 0 Å². The monoisotopic (exact) mass is 287 g/mol. The number of nitrogens with zero attached hydrogens (tertiary/aromatic N) is 4. The van der Waals surface area contributed by atoms with Gasteiger partial charge in [0.25, 0.3) is 5.91 Å². The third kappa shape index (κ3) is 2.64. The van der Waals surface area contributed by atoms with Crippen molar-refractivity contribution in [2.24, 2.45) is 7.05 Å². The zero-order valence-corrected chi connectivity index (χ0v) is 10.9. The van der Waals surface area contributed by atoms with Gasteiger partial charge in [-0.25, -0.2) is 4.39 Å². The number of anilines is 1. The van der Waals surface area contributed by atoms with E-state index < -0.39 is 5.91 Å². The average Bonchev–Trinajstić information content (AvgIpc) is 3.09. The maximum atomic E-state index is 12.8. The molecule has 3 rings (SSSR count). The predicted molar refractivity (Wildman–Crippen MR) is 70.9 cm³/mol. The Morgan fingerprint density at radius 3 is 2.67 bits per heavy atom. The third-order valence-electron chi connectivity index (χ3n) is 2.79. The van der Waals surface area contributed by atoms with E-state index in [-0.39, 0.29) is 17.7 Å². The summed E-state index contributed by atoms with van der Waals surface area (Å²) in [5.41, 5.74) is 0.918. The van der Waals surface area contributed by atoms with Gasteiger partial charge >= 0.3 is 6.01 Å². The van der Waals surface area contributed by atoms with E-state index in [1.165, 1.54) is 35.1 Å². The lowest BCUT2D eigenvalue weighted by Gasteiger charge is -2.00. The Balaban J connectivity index is 1.78. The van der Waals surface area contributed by atoms with Gasteiger partial charge in [-0.3, -0.25) is 14.8 Å². The molecule has 3 aromatic rings. The molecule has 1 N–H and O–H groups in total. The van der Waals surface area contributed by atoms with Crippen LogP contribution in [0.2, 0.25) is 0 Å². The molecule has 21 heavy (non-hydrogen) atoms. The summed E-state index contributed by atoms with van der Waals surface area (Å²) in [5.74, 6) is -0.581. The highest BCUT2D eigenvalue weighted by molar-refractivity contribution is 6.01. The zero-order chi connectivity index (χ0) is 14.8. The number of amides is 1. The molecule has 0 atom stereocenters. The number of hydrogen-bond donors (Lipinski definition) is 1. The van der Waals surface area contributed by atoms with Crippen molar-refractivity contribution < 1.29 is 13.6 Å². The molecular formula is C13H10FN5O2. The van der Waals surface area contributed by atoms with Gasteiger partial charge in [-0.05, 0) is 30.3 Å². The molecule has 0 fully saturated rings. The summed E-state index contributed by atoms with van der Waals surface area (Å²) in [6.45, 7) is 0. The summed E-state index contributed by atoms with van der Waals surface area (Å²) in [6.07, 6.45) is 1.51. The van der Waals surface area contributed by atoms with Crippen LogP contribution in [0.5, 0.6) is 0 Å². The fourth-order valence-electron chi connectivity index (χ4n) is 1.74. The summed E-state index contributed by atoms with van der Waals surface area (Å²) in [6, 6.07) is 7.11. The van der Waals surface area contributed by atoms with Crippen LogP contribution in [0.3, 0.4) is 0 Å². The van der Waals surface area contributed by atoms with Gasteiger partial charge in [-0.1, -0.05) is 5.10 Å². The lowest BCUT2D eigenvalue weighted by molar-refractivity contribution is 0.101. The van der Waals surface area contributed by atoms with Gasteiger partial charge in [0.1, 0.15) is 11.5 Å². The fraction of sp³-hybridized carbons (Fsp3) is 0.0769. The second kappa shape index (κ2) is 5.16. The number of halogens is 1. The molecule has 0 saturated carbocycles. The molecule has 0 radical (unpaired) electrons. The average molecular weight is 287 g/mol. The standard InChI is InChI=1S/C13H10FN5O2/c1-19-10(6-7-15-19)11(20)16-13-18-17-12(21-13)8-2-4-9(14)5-3-8/h2-7H,1H3,(H,16,18,20). The molecular weight excluding hydrogens is 277 g/mol. The molecule has 1 amide bonds. The number of rotatable bonds is 3. The lowest BCUT2D eigenvalue weighted by Crippen LogP contribution is -2.16. The SMILES string of the molecule is Cn1nccc1C(=O)Nc1nnc(-c2ccc(F)cc2)o1. The van der Waals surface area contributed by atoms with E-state index in [0.29, 0.717) is 11.3 Å². The molecule has 0 unspecified atom stereocenters. The van der Waals surface area contributed by atoms with Crippen LogP contribution in [0.1, 0.15) is 10.5 Å². The Hall–Kier alpha value is -3.03. The Morgan fingerprint density at radius 1 is 1.24 bits per heavy atom. The Kier molecular flexibility index (Phi) is 3.19. The van der Waals surface area contributed by atoms with Crippen LogP contribution in [0, 0.1) is 5.82 Å². The summed E-state index contributed by atoms with van der Waals surface area (Å²) in [7, 11) is 1.65. The van der Waals surface area contributed by atoms with Crippen molar-refractivity contribution in [3.63, 3.8) is 0 Å². The van der Waals surface area contributed by atoms with Gasteiger partial charge < -0.3 is 4.42 Å². The first-order valence-electron chi connectivity index (χ1n) is 6.02. The number of aromatic nitrogens is 4. The van der Waals surface area contributed by atoms with Crippen molar-refractivity contribution in [1.29, 1.82) is 0 Å². The van der Waals surface area contributed by atoms with Crippen LogP contribution in [-0.2, 0) is 7.05 Å². The second-order valence-electron chi connectivity index (χ2n) is 4.21. The first-order chi connectivity index (χ1) is 10.1. The van der Waals surface area contributed by atoms with Gasteiger partial charge in [0.2, 0.25) is 5.89 Å². The van der Waals surface area contributed by atoms with Gasteiger partial charge in [-0.15, -0.1) is 5.10 Å². The largest absolute Gasteiger partial charge is 0.403 e. The molecule has 106 valence electrons. The van der Waals surface area contributed by atoms with E-state index in [9.17, 15) is 9.18 Å². The quantitative estimate of drug-likeness (QED) is 0.794. The first-order valence-corrected chi connectivity index (χ1v) is 6.02. The molecule has 2 aromatic heterocycles. The minimum atomic E-state index is -0.413. The highest BCUT2D eigenvalue weighted by Gasteiger charge is 2.14. The van der Waals surface area contributed by atoms with Gasteiger partial charge in [0.05, 0.1) is 0 Å². The van der Waals surface area contributed by atoms with Gasteiger partial charge in [0, 0.05) is 18.8 Å². The molecule has 0 spiro atoms. The number of carbonyl (C=O) groups excluding carboxylic acids is 1. The van der Waals surface area contributed by atoms with E-state index in [4.69, 9.17) is 4.42 Å². The molecule has 0 bridgehead atoms. The van der Waals surface area contributed by atoms with E-state index in [1.54, 1.807) is 13.1 Å². The first kappa shape index (κ1) is 13.0. The normalized spacial score (nSPS) is 10.6. The Bertz CT molecular complexity index is 778. The second-order valence-corrected chi connectivity index (χ2v) is 4.21. The van der Waals surface area contributed by atoms with Crippen LogP contribution in [0.15, 0.2) is 40.9 Å². The molecule has 2 heterocycles. The molecule has 0 aliphatic carbocycles. The summed E-state index contributed by atoms with van der Waals surface area (Å²) in [5, 5.41) is 13.9. The molecule has 0 saturated heterocycles. The van der Waals surface area contributed by atoms with Crippen molar-refractivity contribution in [3.05, 3.63) is 48.0 Å². The maximum Gasteiger partial charge on any atom is 0.322 e. The van der Waals surface area contributed by atoms with Crippen molar-refractivity contribution in [2.75, 3.05) is 5.32 Å². The number of benzene rings is 1. The van der Waals surface area contributed by atoms with E-state index >= 15 is 0 Å². The highest BCUT2D eigenvalue weighted by atomic mass is 19.1. The molecule has 7 nitrogen and oxygen atoms in total. The summed E-state index contributed by atoms with van der Waals surface area (Å²) >= 11 is 0. The Labute approximate surface area is 118 Å². The molecule has 0 aliphatic heterocycles. The topological polar surface area (TPSA) is 85.8 Å². The zero-order valence-electron chi connectivity index (χ0n) is 10.9. The van der Waals surface area contributed by atoms with Crippen LogP contribution in [0.25, 0.3) is 11.5 Å². The van der Waals surface area contributed by atoms with Crippen molar-refractivity contribution in [3.8, 4) is 11.5 Å². The maximum absolute atomic E-state index is 12.8. The molecule has 0 aliphatic rings. The fourth-order valence-corrected chi connectivity index (χ4v) is 1.74. The third-order valence-corrected chi connectivity index (χ3v) is 2.79. The van der Waals surface area contributed by atoms with Crippen LogP contribution >= 0.6 is 0 Å². The smallest absolute Gasteiger partial charge is 0.322 e. The molecule has 1 aromatic carbocycles. The Morgan fingerprint density at radius 2 is 2.00 bits per heavy atom. The number of carbonyl (C=O) groups is 1. The van der Waals surface area contributed by atoms with E-state index in [1.807, 2.05) is 0 Å². The number of hydrogen-bond acceptors (Lipinski definition) is 5. The van der Waals surface area contributed by atoms with Crippen LogP contribution < -0.4 is 5.32 Å². The van der Waals surface area contributed by atoms with E-state index in [0.717, 1.165) is 0 Å². The van der Waals surface area contributed by atoms with Crippen molar-refractivity contribution in [1.82, 2.24) is 20.0 Å². The summed E-state index contributed by atoms with van der Waals surface area (Å²) in [4.78, 5) is 11.9. The van der Waals surface area contributed by atoms with Crippen molar-refractivity contribution >= 4 is 11.9 Å². The van der Waals surface area contributed by atoms with E-state index in [2.05, 4.69) is 20.6 Å². The summed E-state index contributed by atoms with van der Waals surface area (Å²) < 4.78 is 19.6. The molecule has 8 heteroatoms. The van der Waals surface area contributed by atoms with Crippen LogP contribution in [-0.4, -0.2) is 25.9 Å². The highest BCUT2D eigenvalue weighted by Crippen LogP contribution is 2.20. The minimum Gasteiger partial charge on any atom is -0.403 e. The predicted octanol–water partition coefficient (Wildman–Crippen LogP) is 1.86. The van der Waals surface area contributed by atoms with Crippen LogP contribution in [0.4, 0.5) is 10.4 Å². The van der Waals surface area contributed by atoms with Gasteiger partial charge in [-0.2, -0.15) is 5.10 Å².